The van der Waals surface area contributed by atoms with Gasteiger partial charge in [-0.15, -0.1) is 0 Å². The molecule has 2 N–H and O–H groups in total. The van der Waals surface area contributed by atoms with Gasteiger partial charge in [-0.05, 0) is 59.3 Å². The molecule has 0 aliphatic carbocycles. The highest BCUT2D eigenvalue weighted by Crippen LogP contribution is 2.33. The molecule has 1 aromatic heterocycles. The smallest absolute Gasteiger partial charge is 0.411 e. The highest BCUT2D eigenvalue weighted by molar-refractivity contribution is 5.84. The molecule has 1 aliphatic heterocycles. The number of rotatable bonds is 62. The van der Waals surface area contributed by atoms with Gasteiger partial charge in [0.15, 0.2) is 6.29 Å². The van der Waals surface area contributed by atoms with E-state index < -0.39 is 42.9 Å². The summed E-state index contributed by atoms with van der Waals surface area (Å²) in [5.41, 5.74) is 5.70. The van der Waals surface area contributed by atoms with Crippen molar-refractivity contribution >= 4 is 11.8 Å². The zero-order chi connectivity index (χ0) is 71.8. The maximum Gasteiger partial charge on any atom is 0.411 e. The number of benzene rings is 5. The Morgan fingerprint density at radius 3 is 1.15 bits per heavy atom. The first-order valence-corrected chi connectivity index (χ1v) is 41.2. The third-order valence-corrected chi connectivity index (χ3v) is 20.3. The van der Waals surface area contributed by atoms with Gasteiger partial charge in [-0.2, -0.15) is 0 Å². The van der Waals surface area contributed by atoms with Crippen molar-refractivity contribution in [3.05, 3.63) is 204 Å². The number of ether oxygens (including phenoxy) is 8. The minimum atomic E-state index is -1.03. The number of unbranched alkanes of at least 4 members (excludes halogenated alkanes) is 34. The van der Waals surface area contributed by atoms with Gasteiger partial charge < -0.3 is 43.2 Å². The summed E-state index contributed by atoms with van der Waals surface area (Å²) in [5, 5.41) is 6.94. The van der Waals surface area contributed by atoms with Crippen LogP contribution in [0.25, 0.3) is 0 Å². The number of hydrogen-bond donors (Lipinski definition) is 2. The van der Waals surface area contributed by atoms with Crippen molar-refractivity contribution < 1.29 is 42.7 Å². The fourth-order valence-corrected chi connectivity index (χ4v) is 14.2. The van der Waals surface area contributed by atoms with Gasteiger partial charge in [0.2, 0.25) is 0 Å². The summed E-state index contributed by atoms with van der Waals surface area (Å²) >= 11 is 0. The molecule has 1 aliphatic rings. The second-order valence-electron chi connectivity index (χ2n) is 29.1. The Bertz CT molecular complexity index is 2900. The molecule has 1 fully saturated rings. The molecule has 1 amide bonds. The van der Waals surface area contributed by atoms with Gasteiger partial charge in [-0.25, -0.2) is 4.79 Å². The monoisotopic (exact) mass is 1410 g/mol. The second-order valence-corrected chi connectivity index (χ2v) is 29.1. The van der Waals surface area contributed by atoms with E-state index in [9.17, 15) is 4.79 Å². The van der Waals surface area contributed by atoms with Crippen molar-refractivity contribution in [2.24, 2.45) is 0 Å². The number of nitrogens with zero attached hydrogens (tertiary/aromatic N) is 1. The standard InChI is InChI=1S/C91H135N3O9/c1-3-5-7-9-11-13-15-17-18-19-20-21-22-23-24-25-26-27-28-30-32-34-36-53-67-93-83(86(97-71-78-56-44-38-45-57-78)84(96-70-77-54-42-37-43-55-77)64-52-35-33-31-29-16-14-12-10-8-6-4-2)75-101-90-89(100-74-81-62-50-41-51-63-81)88(99-73-80-60-48-40-49-61-80)87(98-72-79-58-46-39-47-59-79)85(103-90)76-102-91(95)94-82-65-68-92-69-66-82/h37-51,54-63,65-66,68-69,83-90,93H,3-36,52-53,64,67,70-76H2,1-2H3,(H,92,94,95)/t83-,84+,85+,86-,87-,88-,89+,90-/m0/s1. The van der Waals surface area contributed by atoms with Gasteiger partial charge in [0.25, 0.3) is 0 Å². The Balaban J connectivity index is 1.08. The van der Waals surface area contributed by atoms with E-state index in [1.165, 1.54) is 205 Å². The van der Waals surface area contributed by atoms with E-state index >= 15 is 0 Å². The average molecular weight is 1420 g/mol. The summed E-state index contributed by atoms with van der Waals surface area (Å²) in [6.45, 7) is 6.95. The van der Waals surface area contributed by atoms with Crippen molar-refractivity contribution in [1.82, 2.24) is 10.3 Å². The van der Waals surface area contributed by atoms with E-state index in [-0.39, 0.29) is 45.2 Å². The van der Waals surface area contributed by atoms with Crippen LogP contribution in [-0.2, 0) is 70.9 Å². The number of nitrogens with one attached hydrogen (secondary N) is 2. The summed E-state index contributed by atoms with van der Waals surface area (Å²) in [4.78, 5) is 17.9. The van der Waals surface area contributed by atoms with Crippen LogP contribution in [0.2, 0.25) is 0 Å². The molecule has 0 saturated carbocycles. The van der Waals surface area contributed by atoms with Crippen molar-refractivity contribution in [2.45, 2.75) is 333 Å². The van der Waals surface area contributed by atoms with E-state index in [1.54, 1.807) is 24.5 Å². The van der Waals surface area contributed by atoms with Crippen molar-refractivity contribution in [1.29, 1.82) is 0 Å². The number of carbonyl (C=O) groups is 1. The molecular formula is C91H135N3O9. The lowest BCUT2D eigenvalue weighted by atomic mass is 9.97. The minimum absolute atomic E-state index is 0.175. The van der Waals surface area contributed by atoms with Crippen molar-refractivity contribution in [3.63, 3.8) is 0 Å². The highest BCUT2D eigenvalue weighted by Gasteiger charge is 2.50. The molecule has 0 spiro atoms. The van der Waals surface area contributed by atoms with Gasteiger partial charge in [0.1, 0.15) is 37.1 Å². The molecule has 103 heavy (non-hydrogen) atoms. The van der Waals surface area contributed by atoms with E-state index in [0.717, 1.165) is 66.5 Å². The Morgan fingerprint density at radius 2 is 0.738 bits per heavy atom. The van der Waals surface area contributed by atoms with Gasteiger partial charge in [0, 0.05) is 18.1 Å². The fraction of sp³-hybridized carbons (Fsp3) is 0.604. The largest absolute Gasteiger partial charge is 0.446 e. The van der Waals surface area contributed by atoms with Gasteiger partial charge in [0.05, 0.1) is 51.8 Å². The van der Waals surface area contributed by atoms with Crippen LogP contribution in [0, 0.1) is 0 Å². The number of hydrogen-bond acceptors (Lipinski definition) is 11. The number of aromatic nitrogens is 1. The first-order valence-electron chi connectivity index (χ1n) is 41.2. The third-order valence-electron chi connectivity index (χ3n) is 20.3. The lowest BCUT2D eigenvalue weighted by Gasteiger charge is -2.46. The molecular weight excluding hydrogens is 1280 g/mol. The predicted molar refractivity (Wildman–Crippen MR) is 423 cm³/mol. The van der Waals surface area contributed by atoms with E-state index in [1.807, 2.05) is 66.7 Å². The van der Waals surface area contributed by atoms with Crippen LogP contribution in [0.15, 0.2) is 176 Å². The summed E-state index contributed by atoms with van der Waals surface area (Å²) < 4.78 is 56.6. The quantitative estimate of drug-likeness (QED) is 0.0354. The topological polar surface area (TPSA) is 128 Å². The van der Waals surface area contributed by atoms with E-state index in [2.05, 4.69) is 114 Å². The van der Waals surface area contributed by atoms with Crippen LogP contribution < -0.4 is 10.6 Å². The maximum absolute atomic E-state index is 13.8. The summed E-state index contributed by atoms with van der Waals surface area (Å²) in [7, 11) is 0. The SMILES string of the molecule is CCCCCCCCCCCCCCCCCCCCCCCCCCN[C@@H](CO[C@H]1O[C@H](COC(=O)Nc2ccncc2)[C@H](OCc2ccccc2)[C@H](OCc2ccccc2)[C@H]1OCc1ccccc1)[C@H](OCc1ccccc1)[C@@H](CCCCCCCCCCCCCC)OCc1ccccc1. The van der Waals surface area contributed by atoms with Crippen LogP contribution in [0.5, 0.6) is 0 Å². The molecule has 7 rings (SSSR count). The fourth-order valence-electron chi connectivity index (χ4n) is 14.2. The highest BCUT2D eigenvalue weighted by atomic mass is 16.7. The molecule has 0 bridgehead atoms. The molecule has 12 nitrogen and oxygen atoms in total. The van der Waals surface area contributed by atoms with Gasteiger partial charge >= 0.3 is 6.09 Å². The van der Waals surface area contributed by atoms with E-state index in [4.69, 9.17) is 37.9 Å². The molecule has 568 valence electrons. The van der Waals surface area contributed by atoms with Crippen molar-refractivity contribution in [3.8, 4) is 0 Å². The molecule has 1 saturated heterocycles. The maximum atomic E-state index is 13.8. The second kappa shape index (κ2) is 56.5. The van der Waals surface area contributed by atoms with Crippen LogP contribution in [0.4, 0.5) is 10.5 Å². The Kier molecular flexibility index (Phi) is 46.3. The van der Waals surface area contributed by atoms with Crippen LogP contribution in [-0.4, -0.2) is 79.8 Å². The first kappa shape index (κ1) is 84.5. The molecule has 0 radical (unpaired) electrons. The zero-order valence-corrected chi connectivity index (χ0v) is 63.8. The Hall–Kier alpha value is -5.80. The molecule has 8 atom stereocenters. The zero-order valence-electron chi connectivity index (χ0n) is 63.8. The molecule has 0 unspecified atom stereocenters. The third kappa shape index (κ3) is 37.8. The van der Waals surface area contributed by atoms with Crippen LogP contribution in [0.3, 0.4) is 0 Å². The number of amides is 1. The summed E-state index contributed by atoms with van der Waals surface area (Å²) in [6.07, 6.45) is 46.3. The lowest BCUT2D eigenvalue weighted by molar-refractivity contribution is -0.328. The number of carbonyl (C=O) groups excluding carboxylic acids is 1. The Morgan fingerprint density at radius 1 is 0.388 bits per heavy atom. The number of pyridine rings is 1. The average Bonchev–Trinajstić information content (AvgIpc) is 0.786. The molecule has 2 heterocycles. The van der Waals surface area contributed by atoms with Crippen LogP contribution in [0.1, 0.15) is 279 Å². The minimum Gasteiger partial charge on any atom is -0.446 e. The predicted octanol–water partition coefficient (Wildman–Crippen LogP) is 23.7. The molecule has 12 heteroatoms. The Labute approximate surface area is 624 Å². The lowest BCUT2D eigenvalue weighted by Crippen LogP contribution is -2.62. The van der Waals surface area contributed by atoms with Gasteiger partial charge in [-0.1, -0.05) is 390 Å². The first-order chi connectivity index (χ1) is 51.1. The molecule has 6 aromatic rings. The van der Waals surface area contributed by atoms with E-state index in [0.29, 0.717) is 18.9 Å². The summed E-state index contributed by atoms with van der Waals surface area (Å²) in [6, 6.07) is 54.5. The number of anilines is 1. The van der Waals surface area contributed by atoms with Gasteiger partial charge in [-0.3, -0.25) is 10.3 Å². The normalized spacial score (nSPS) is 16.9. The van der Waals surface area contributed by atoms with Crippen LogP contribution >= 0.6 is 0 Å². The molecule has 5 aromatic carbocycles. The van der Waals surface area contributed by atoms with Crippen molar-refractivity contribution in [2.75, 3.05) is 25.1 Å². The summed E-state index contributed by atoms with van der Waals surface area (Å²) in [5.74, 6) is 0.